The maximum Gasteiger partial charge on any atom is 0.331 e. The maximum atomic E-state index is 12.5. The van der Waals surface area contributed by atoms with E-state index in [9.17, 15) is 18.0 Å². The minimum atomic E-state index is -3.55. The van der Waals surface area contributed by atoms with E-state index in [4.69, 9.17) is 10.00 Å². The topological polar surface area (TPSA) is 117 Å². The van der Waals surface area contributed by atoms with Gasteiger partial charge in [0.05, 0.1) is 16.1 Å². The molecule has 32 heavy (non-hydrogen) atoms. The fourth-order valence-electron chi connectivity index (χ4n) is 2.82. The van der Waals surface area contributed by atoms with Gasteiger partial charge in [-0.15, -0.1) is 0 Å². The first-order valence-electron chi connectivity index (χ1n) is 10.0. The Hall–Kier alpha value is -3.48. The van der Waals surface area contributed by atoms with E-state index in [1.807, 2.05) is 6.07 Å². The number of nitriles is 1. The summed E-state index contributed by atoms with van der Waals surface area (Å²) in [6.45, 7) is 5.71. The molecule has 2 rings (SSSR count). The van der Waals surface area contributed by atoms with Crippen molar-refractivity contribution < 1.29 is 22.7 Å². The Bertz CT molecular complexity index is 1130. The Morgan fingerprint density at radius 2 is 1.75 bits per heavy atom. The van der Waals surface area contributed by atoms with E-state index in [2.05, 4.69) is 5.32 Å². The van der Waals surface area contributed by atoms with Gasteiger partial charge in [0.15, 0.2) is 6.10 Å². The van der Waals surface area contributed by atoms with Gasteiger partial charge < -0.3 is 10.1 Å². The number of amides is 1. The molecule has 1 amide bonds. The number of nitrogens with one attached hydrogen (secondary N) is 1. The first kappa shape index (κ1) is 24.8. The second-order valence-corrected chi connectivity index (χ2v) is 8.66. The predicted octanol–water partition coefficient (Wildman–Crippen LogP) is 3.17. The zero-order chi connectivity index (χ0) is 23.7. The number of carbonyl (C=O) groups is 2. The quantitative estimate of drug-likeness (QED) is 0.459. The molecular weight excluding hydrogens is 430 g/mol. The number of benzene rings is 2. The third-order valence-corrected chi connectivity index (χ3v) is 6.67. The molecule has 1 atom stereocenters. The van der Waals surface area contributed by atoms with E-state index >= 15 is 0 Å². The molecule has 2 aromatic carbocycles. The molecule has 9 heteroatoms. The van der Waals surface area contributed by atoms with Crippen LogP contribution in [0.3, 0.4) is 0 Å². The van der Waals surface area contributed by atoms with Crippen LogP contribution in [0.5, 0.6) is 0 Å². The van der Waals surface area contributed by atoms with Crippen LogP contribution in [-0.4, -0.2) is 43.8 Å². The van der Waals surface area contributed by atoms with Gasteiger partial charge in [-0.2, -0.15) is 9.57 Å². The molecule has 0 bridgehead atoms. The molecule has 0 aliphatic carbocycles. The highest BCUT2D eigenvalue weighted by Gasteiger charge is 2.21. The van der Waals surface area contributed by atoms with Gasteiger partial charge in [0.1, 0.15) is 6.07 Å². The van der Waals surface area contributed by atoms with Crippen molar-refractivity contribution in [2.24, 2.45) is 0 Å². The lowest BCUT2D eigenvalue weighted by atomic mass is 10.2. The SMILES string of the molecule is CCN(CC)S(=O)(=O)c1ccc(/C=C/C(=O)OC(C)C(=O)Nc2ccccc2C#N)cc1. The van der Waals surface area contributed by atoms with Crippen LogP contribution < -0.4 is 5.32 Å². The van der Waals surface area contributed by atoms with Crippen LogP contribution in [0.4, 0.5) is 5.69 Å². The van der Waals surface area contributed by atoms with Crippen molar-refractivity contribution >= 4 is 33.7 Å². The molecule has 168 valence electrons. The lowest BCUT2D eigenvalue weighted by molar-refractivity contribution is -0.148. The molecule has 0 heterocycles. The lowest BCUT2D eigenvalue weighted by Crippen LogP contribution is -2.30. The molecule has 1 unspecified atom stereocenters. The summed E-state index contributed by atoms with van der Waals surface area (Å²) in [5.41, 5.74) is 1.23. The number of carbonyl (C=O) groups excluding carboxylic acids is 2. The molecule has 0 fully saturated rings. The first-order chi connectivity index (χ1) is 15.2. The molecule has 0 saturated heterocycles. The second kappa shape index (κ2) is 11.2. The highest BCUT2D eigenvalue weighted by atomic mass is 32.2. The summed E-state index contributed by atoms with van der Waals surface area (Å²) in [7, 11) is -3.55. The van der Waals surface area contributed by atoms with Gasteiger partial charge in [-0.25, -0.2) is 13.2 Å². The number of anilines is 1. The Morgan fingerprint density at radius 1 is 1.12 bits per heavy atom. The molecule has 2 aromatic rings. The summed E-state index contributed by atoms with van der Waals surface area (Å²) in [4.78, 5) is 24.5. The average Bonchev–Trinajstić information content (AvgIpc) is 2.79. The predicted molar refractivity (Wildman–Crippen MR) is 121 cm³/mol. The highest BCUT2D eigenvalue weighted by Crippen LogP contribution is 2.17. The van der Waals surface area contributed by atoms with E-state index in [1.165, 1.54) is 29.4 Å². The Kier molecular flexibility index (Phi) is 8.70. The van der Waals surface area contributed by atoms with Crippen molar-refractivity contribution in [3.8, 4) is 6.07 Å². The fraction of sp³-hybridized carbons (Fsp3) is 0.261. The van der Waals surface area contributed by atoms with Crippen LogP contribution in [0.25, 0.3) is 6.08 Å². The third kappa shape index (κ3) is 6.26. The number of hydrogen-bond acceptors (Lipinski definition) is 6. The summed E-state index contributed by atoms with van der Waals surface area (Å²) in [6, 6.07) is 14.6. The van der Waals surface area contributed by atoms with Crippen molar-refractivity contribution in [2.75, 3.05) is 18.4 Å². The molecular formula is C23H25N3O5S. The Morgan fingerprint density at radius 3 is 2.34 bits per heavy atom. The number of esters is 1. The van der Waals surface area contributed by atoms with Crippen LogP contribution in [0.15, 0.2) is 59.5 Å². The third-order valence-electron chi connectivity index (χ3n) is 4.60. The number of hydrogen-bond donors (Lipinski definition) is 1. The maximum absolute atomic E-state index is 12.5. The minimum Gasteiger partial charge on any atom is -0.449 e. The second-order valence-electron chi connectivity index (χ2n) is 6.72. The number of para-hydroxylation sites is 1. The summed E-state index contributed by atoms with van der Waals surface area (Å²) in [6.07, 6.45) is 1.53. The van der Waals surface area contributed by atoms with E-state index in [0.29, 0.717) is 29.9 Å². The summed E-state index contributed by atoms with van der Waals surface area (Å²) in [5.74, 6) is -1.30. The zero-order valence-electron chi connectivity index (χ0n) is 18.1. The molecule has 1 N–H and O–H groups in total. The Labute approximate surface area is 188 Å². The molecule has 0 radical (unpaired) electrons. The smallest absolute Gasteiger partial charge is 0.331 e. The van der Waals surface area contributed by atoms with Crippen molar-refractivity contribution in [2.45, 2.75) is 31.8 Å². The fourth-order valence-corrected chi connectivity index (χ4v) is 4.28. The average molecular weight is 456 g/mol. The van der Waals surface area contributed by atoms with Gasteiger partial charge in [0.25, 0.3) is 5.91 Å². The Balaban J connectivity index is 1.98. The monoisotopic (exact) mass is 455 g/mol. The van der Waals surface area contributed by atoms with Gasteiger partial charge in [0.2, 0.25) is 10.0 Å². The van der Waals surface area contributed by atoms with Gasteiger partial charge >= 0.3 is 5.97 Å². The molecule has 0 aliphatic heterocycles. The molecule has 0 aromatic heterocycles. The number of ether oxygens (including phenoxy) is 1. The van der Waals surface area contributed by atoms with Crippen molar-refractivity contribution in [1.29, 1.82) is 5.26 Å². The number of nitrogens with zero attached hydrogens (tertiary/aromatic N) is 2. The van der Waals surface area contributed by atoms with E-state index in [-0.39, 0.29) is 4.90 Å². The minimum absolute atomic E-state index is 0.170. The molecule has 0 spiro atoms. The van der Waals surface area contributed by atoms with E-state index in [1.54, 1.807) is 50.2 Å². The molecule has 0 aliphatic rings. The zero-order valence-corrected chi connectivity index (χ0v) is 18.9. The van der Waals surface area contributed by atoms with Crippen molar-refractivity contribution in [3.63, 3.8) is 0 Å². The normalized spacial score (nSPS) is 12.3. The van der Waals surface area contributed by atoms with E-state index < -0.39 is 28.0 Å². The van der Waals surface area contributed by atoms with Crippen LogP contribution in [0.1, 0.15) is 31.9 Å². The van der Waals surface area contributed by atoms with Crippen molar-refractivity contribution in [1.82, 2.24) is 4.31 Å². The first-order valence-corrected chi connectivity index (χ1v) is 11.5. The summed E-state index contributed by atoms with van der Waals surface area (Å²) >= 11 is 0. The van der Waals surface area contributed by atoms with Gasteiger partial charge in [0, 0.05) is 19.2 Å². The molecule has 0 saturated carbocycles. The molecule has 8 nitrogen and oxygen atoms in total. The lowest BCUT2D eigenvalue weighted by Gasteiger charge is -2.18. The van der Waals surface area contributed by atoms with Crippen LogP contribution >= 0.6 is 0 Å². The van der Waals surface area contributed by atoms with Crippen LogP contribution in [0, 0.1) is 11.3 Å². The van der Waals surface area contributed by atoms with E-state index in [0.717, 1.165) is 6.08 Å². The van der Waals surface area contributed by atoms with Gasteiger partial charge in [-0.1, -0.05) is 38.1 Å². The summed E-state index contributed by atoms with van der Waals surface area (Å²) in [5, 5.41) is 11.6. The van der Waals surface area contributed by atoms with Gasteiger partial charge in [-0.05, 0) is 42.8 Å². The van der Waals surface area contributed by atoms with Gasteiger partial charge in [-0.3, -0.25) is 4.79 Å². The van der Waals surface area contributed by atoms with Crippen molar-refractivity contribution in [3.05, 3.63) is 65.7 Å². The highest BCUT2D eigenvalue weighted by molar-refractivity contribution is 7.89. The van der Waals surface area contributed by atoms with Crippen LogP contribution in [-0.2, 0) is 24.3 Å². The number of sulfonamides is 1. The summed E-state index contributed by atoms with van der Waals surface area (Å²) < 4.78 is 31.5. The largest absolute Gasteiger partial charge is 0.449 e. The standard InChI is InChI=1S/C23H25N3O5S/c1-4-26(5-2)32(29,30)20-13-10-18(11-14-20)12-15-22(27)31-17(3)23(28)25-21-9-7-6-8-19(21)16-24/h6-15,17H,4-5H2,1-3H3,(H,25,28)/b15-12+. The van der Waals surface area contributed by atoms with Crippen LogP contribution in [0.2, 0.25) is 0 Å². The number of rotatable bonds is 9.